The molecule has 1 saturated carbocycles. The molecule has 1 rings (SSSR count). The zero-order chi connectivity index (χ0) is 12.7. The van der Waals surface area contributed by atoms with Gasteiger partial charge in [0.25, 0.3) is 0 Å². The van der Waals surface area contributed by atoms with Gasteiger partial charge in [0.15, 0.2) is 0 Å². The molecule has 1 fully saturated rings. The zero-order valence-electron chi connectivity index (χ0n) is 10.8. The highest BCUT2D eigenvalue weighted by atomic mass is 32.2. The summed E-state index contributed by atoms with van der Waals surface area (Å²) < 4.78 is 21.8. The van der Waals surface area contributed by atoms with Gasteiger partial charge in [-0.1, -0.05) is 32.1 Å². The van der Waals surface area contributed by atoms with Crippen molar-refractivity contribution in [3.8, 4) is 0 Å². The fourth-order valence-corrected chi connectivity index (χ4v) is 3.17. The van der Waals surface area contributed by atoms with Gasteiger partial charge in [0.05, 0.1) is 5.75 Å². The number of carbonyl (C=O) groups is 1. The van der Waals surface area contributed by atoms with Gasteiger partial charge in [-0.05, 0) is 18.8 Å². The van der Waals surface area contributed by atoms with Crippen LogP contribution in [0.25, 0.3) is 0 Å². The number of Topliss-reactive ketones (excluding diaryl/α,β-unsaturated/α-hetero) is 1. The van der Waals surface area contributed by atoms with Gasteiger partial charge >= 0.3 is 0 Å². The van der Waals surface area contributed by atoms with Crippen molar-refractivity contribution in [2.75, 3.05) is 12.0 Å². The van der Waals surface area contributed by atoms with E-state index in [1.807, 2.05) is 0 Å². The average molecular weight is 260 g/mol. The van der Waals surface area contributed by atoms with Crippen LogP contribution in [0.1, 0.15) is 57.8 Å². The monoisotopic (exact) mass is 260 g/mol. The molecule has 0 aliphatic heterocycles. The van der Waals surface area contributed by atoms with E-state index >= 15 is 0 Å². The maximum absolute atomic E-state index is 11.6. The Morgan fingerprint density at radius 3 is 2.35 bits per heavy atom. The summed E-state index contributed by atoms with van der Waals surface area (Å²) in [4.78, 5) is 11.6. The fraction of sp³-hybridized carbons (Fsp3) is 0.923. The zero-order valence-corrected chi connectivity index (χ0v) is 11.6. The Morgan fingerprint density at radius 1 is 1.12 bits per heavy atom. The summed E-state index contributed by atoms with van der Waals surface area (Å²) in [6.45, 7) is 0. The van der Waals surface area contributed by atoms with Gasteiger partial charge in [-0.2, -0.15) is 0 Å². The highest BCUT2D eigenvalue weighted by Gasteiger charge is 2.14. The maximum Gasteiger partial charge on any atom is 0.147 e. The first-order valence-corrected chi connectivity index (χ1v) is 8.73. The molecule has 0 bridgehead atoms. The van der Waals surface area contributed by atoms with Gasteiger partial charge in [-0.15, -0.1) is 0 Å². The van der Waals surface area contributed by atoms with E-state index in [0.717, 1.165) is 12.3 Å². The Labute approximate surface area is 105 Å². The van der Waals surface area contributed by atoms with E-state index in [0.29, 0.717) is 19.3 Å². The first-order valence-electron chi connectivity index (χ1n) is 6.67. The van der Waals surface area contributed by atoms with Crippen LogP contribution < -0.4 is 0 Å². The predicted octanol–water partition coefficient (Wildman–Crippen LogP) is 2.74. The van der Waals surface area contributed by atoms with E-state index in [1.54, 1.807) is 0 Å². The Bertz CT molecular complexity index is 327. The highest BCUT2D eigenvalue weighted by molar-refractivity contribution is 7.90. The van der Waals surface area contributed by atoms with Crippen LogP contribution in [-0.2, 0) is 14.6 Å². The summed E-state index contributed by atoms with van der Waals surface area (Å²) in [5.74, 6) is 1.11. The van der Waals surface area contributed by atoms with Crippen molar-refractivity contribution in [2.45, 2.75) is 57.8 Å². The minimum Gasteiger partial charge on any atom is -0.300 e. The lowest BCUT2D eigenvalue weighted by molar-refractivity contribution is -0.119. The lowest BCUT2D eigenvalue weighted by atomic mass is 9.85. The van der Waals surface area contributed by atoms with Crippen molar-refractivity contribution in [1.29, 1.82) is 0 Å². The molecule has 0 amide bonds. The summed E-state index contributed by atoms with van der Waals surface area (Å²) in [5.41, 5.74) is 0. The molecule has 0 radical (unpaired) electrons. The van der Waals surface area contributed by atoms with Crippen molar-refractivity contribution in [3.63, 3.8) is 0 Å². The number of ketones is 1. The molecule has 1 aliphatic carbocycles. The van der Waals surface area contributed by atoms with Crippen LogP contribution in [0.4, 0.5) is 0 Å². The summed E-state index contributed by atoms with van der Waals surface area (Å²) in [5, 5.41) is 0. The molecule has 3 nitrogen and oxygen atoms in total. The number of hydrogen-bond donors (Lipinski definition) is 0. The summed E-state index contributed by atoms with van der Waals surface area (Å²) in [7, 11) is -2.91. The third-order valence-electron chi connectivity index (χ3n) is 3.53. The molecule has 4 heteroatoms. The van der Waals surface area contributed by atoms with E-state index in [-0.39, 0.29) is 11.5 Å². The normalized spacial score (nSPS) is 18.2. The van der Waals surface area contributed by atoms with Crippen LogP contribution in [-0.4, -0.2) is 26.2 Å². The molecule has 0 aromatic carbocycles. The molecule has 0 N–H and O–H groups in total. The SMILES string of the molecule is CS(=O)(=O)CCCC(=O)CCC1CCCCC1. The van der Waals surface area contributed by atoms with Crippen molar-refractivity contribution < 1.29 is 13.2 Å². The van der Waals surface area contributed by atoms with Crippen LogP contribution in [0.5, 0.6) is 0 Å². The predicted molar refractivity (Wildman–Crippen MR) is 69.8 cm³/mol. The topological polar surface area (TPSA) is 51.2 Å². The Hall–Kier alpha value is -0.380. The van der Waals surface area contributed by atoms with Crippen LogP contribution in [0.3, 0.4) is 0 Å². The van der Waals surface area contributed by atoms with Crippen LogP contribution in [0.15, 0.2) is 0 Å². The molecule has 0 atom stereocenters. The average Bonchev–Trinajstić information content (AvgIpc) is 2.26. The Balaban J connectivity index is 2.08. The molecule has 0 aromatic rings. The fourth-order valence-electron chi connectivity index (χ4n) is 2.50. The standard InChI is InChI=1S/C13H24O3S/c1-17(15,16)11-5-8-13(14)10-9-12-6-3-2-4-7-12/h12H,2-11H2,1H3. The molecule has 0 aromatic heterocycles. The molecule has 17 heavy (non-hydrogen) atoms. The summed E-state index contributed by atoms with van der Waals surface area (Å²) in [6.07, 6.45) is 10.3. The molecule has 0 heterocycles. The van der Waals surface area contributed by atoms with Gasteiger partial charge in [-0.25, -0.2) is 8.42 Å². The van der Waals surface area contributed by atoms with Crippen molar-refractivity contribution in [1.82, 2.24) is 0 Å². The second-order valence-electron chi connectivity index (χ2n) is 5.31. The van der Waals surface area contributed by atoms with Gasteiger partial charge in [0.2, 0.25) is 0 Å². The minimum atomic E-state index is -2.91. The lowest BCUT2D eigenvalue weighted by Crippen LogP contribution is -2.10. The summed E-state index contributed by atoms with van der Waals surface area (Å²) in [6, 6.07) is 0. The number of rotatable bonds is 7. The van der Waals surface area contributed by atoms with E-state index in [9.17, 15) is 13.2 Å². The molecule has 0 saturated heterocycles. The number of carbonyl (C=O) groups excluding carboxylic acids is 1. The third-order valence-corrected chi connectivity index (χ3v) is 4.56. The highest BCUT2D eigenvalue weighted by Crippen LogP contribution is 2.27. The Kier molecular flexibility index (Phi) is 6.17. The quantitative estimate of drug-likeness (QED) is 0.707. The molecular formula is C13H24O3S. The minimum absolute atomic E-state index is 0.141. The van der Waals surface area contributed by atoms with Crippen molar-refractivity contribution in [3.05, 3.63) is 0 Å². The van der Waals surface area contributed by atoms with Gasteiger partial charge in [0, 0.05) is 19.1 Å². The van der Waals surface area contributed by atoms with Crippen LogP contribution >= 0.6 is 0 Å². The first-order chi connectivity index (χ1) is 7.97. The van der Waals surface area contributed by atoms with E-state index in [1.165, 1.54) is 38.4 Å². The second-order valence-corrected chi connectivity index (χ2v) is 7.57. The van der Waals surface area contributed by atoms with E-state index in [4.69, 9.17) is 0 Å². The van der Waals surface area contributed by atoms with E-state index < -0.39 is 9.84 Å². The van der Waals surface area contributed by atoms with Gasteiger partial charge in [-0.3, -0.25) is 4.79 Å². The molecule has 100 valence electrons. The van der Waals surface area contributed by atoms with Crippen molar-refractivity contribution in [2.24, 2.45) is 5.92 Å². The largest absolute Gasteiger partial charge is 0.300 e. The number of hydrogen-bond acceptors (Lipinski definition) is 3. The van der Waals surface area contributed by atoms with Crippen LogP contribution in [0, 0.1) is 5.92 Å². The summed E-state index contributed by atoms with van der Waals surface area (Å²) >= 11 is 0. The smallest absolute Gasteiger partial charge is 0.147 e. The van der Waals surface area contributed by atoms with Crippen molar-refractivity contribution >= 4 is 15.6 Å². The molecule has 0 spiro atoms. The first kappa shape index (κ1) is 14.7. The van der Waals surface area contributed by atoms with E-state index in [2.05, 4.69) is 0 Å². The second kappa shape index (κ2) is 7.14. The van der Waals surface area contributed by atoms with Gasteiger partial charge in [0.1, 0.15) is 15.6 Å². The lowest BCUT2D eigenvalue weighted by Gasteiger charge is -2.20. The third kappa shape index (κ3) is 7.53. The number of sulfone groups is 1. The molecule has 0 unspecified atom stereocenters. The molecule has 1 aliphatic rings. The van der Waals surface area contributed by atoms with Crippen LogP contribution in [0.2, 0.25) is 0 Å². The Morgan fingerprint density at radius 2 is 1.76 bits per heavy atom. The molecular weight excluding hydrogens is 236 g/mol. The van der Waals surface area contributed by atoms with Gasteiger partial charge < -0.3 is 0 Å². The maximum atomic E-state index is 11.6.